The summed E-state index contributed by atoms with van der Waals surface area (Å²) in [5, 5.41) is 20.1. The van der Waals surface area contributed by atoms with Crippen LogP contribution in [0.25, 0.3) is 21.9 Å². The number of alkyl halides is 3. The topological polar surface area (TPSA) is 146 Å². The molecule has 210 valence electrons. The Morgan fingerprint density at radius 2 is 1.80 bits per heavy atom. The van der Waals surface area contributed by atoms with Gasteiger partial charge < -0.3 is 15.0 Å². The number of aliphatic carboxylic acids is 1. The molecule has 2 atom stereocenters. The first kappa shape index (κ1) is 28.5. The average Bonchev–Trinajstić information content (AvgIpc) is 3.54. The van der Waals surface area contributed by atoms with Gasteiger partial charge in [-0.1, -0.05) is 24.6 Å². The summed E-state index contributed by atoms with van der Waals surface area (Å²) in [7, 11) is 0. The molecule has 2 unspecified atom stereocenters. The van der Waals surface area contributed by atoms with E-state index in [1.54, 1.807) is 23.9 Å². The van der Waals surface area contributed by atoms with Crippen molar-refractivity contribution in [3.63, 3.8) is 0 Å². The normalized spacial score (nSPS) is 16.8. The van der Waals surface area contributed by atoms with E-state index in [0.29, 0.717) is 24.9 Å². The van der Waals surface area contributed by atoms with Gasteiger partial charge in [-0.05, 0) is 55.7 Å². The van der Waals surface area contributed by atoms with E-state index in [1.807, 2.05) is 31.2 Å². The minimum atomic E-state index is -5.08. The predicted molar refractivity (Wildman–Crippen MR) is 138 cm³/mol. The number of hydrogen-bond acceptors (Lipinski definition) is 6. The Labute approximate surface area is 225 Å². The Kier molecular flexibility index (Phi) is 8.33. The number of rotatable bonds is 5. The molecule has 1 fully saturated rings. The smallest absolute Gasteiger partial charge is 0.475 e. The van der Waals surface area contributed by atoms with Crippen molar-refractivity contribution in [1.29, 1.82) is 0 Å². The van der Waals surface area contributed by atoms with Crippen LogP contribution in [0.4, 0.5) is 13.2 Å². The maximum Gasteiger partial charge on any atom is 0.490 e. The number of fused-ring (bicyclic) bond motifs is 2. The molecule has 0 bridgehead atoms. The van der Waals surface area contributed by atoms with Crippen molar-refractivity contribution in [2.24, 2.45) is 5.92 Å². The molecule has 0 saturated heterocycles. The number of carbonyl (C=O) groups is 3. The van der Waals surface area contributed by atoms with Crippen LogP contribution in [0.15, 0.2) is 54.9 Å². The van der Waals surface area contributed by atoms with Gasteiger partial charge in [0.25, 0.3) is 5.91 Å². The third kappa shape index (κ3) is 6.37. The molecule has 2 aromatic heterocycles. The van der Waals surface area contributed by atoms with Crippen LogP contribution >= 0.6 is 0 Å². The maximum absolute atomic E-state index is 12.8. The van der Waals surface area contributed by atoms with Gasteiger partial charge in [0.2, 0.25) is 5.91 Å². The number of aryl methyl sites for hydroxylation is 1. The first-order chi connectivity index (χ1) is 19.0. The van der Waals surface area contributed by atoms with Gasteiger partial charge in [0.1, 0.15) is 0 Å². The summed E-state index contributed by atoms with van der Waals surface area (Å²) in [6.45, 7) is 2.64. The van der Waals surface area contributed by atoms with Crippen molar-refractivity contribution in [3.05, 3.63) is 71.7 Å². The number of hydroxylamine groups is 1. The van der Waals surface area contributed by atoms with Crippen molar-refractivity contribution >= 4 is 39.7 Å². The number of halogens is 3. The Hall–Kier alpha value is -4.52. The number of carboxylic acids is 1. The zero-order chi connectivity index (χ0) is 29.0. The Balaban J connectivity index is 0.000000470. The third-order valence-electron chi connectivity index (χ3n) is 6.68. The molecule has 0 spiro atoms. The lowest BCUT2D eigenvalue weighted by molar-refractivity contribution is -0.192. The van der Waals surface area contributed by atoms with E-state index in [0.717, 1.165) is 39.6 Å². The number of amides is 2. The van der Waals surface area contributed by atoms with Crippen LogP contribution in [0.1, 0.15) is 40.9 Å². The summed E-state index contributed by atoms with van der Waals surface area (Å²) in [6, 6.07) is 15.3. The molecule has 5 rings (SSSR count). The predicted octanol–water partition coefficient (Wildman–Crippen LogP) is 3.98. The summed E-state index contributed by atoms with van der Waals surface area (Å²) >= 11 is 0. The van der Waals surface area contributed by atoms with Gasteiger partial charge in [-0.15, -0.1) is 0 Å². The lowest BCUT2D eigenvalue weighted by atomic mass is 10.0. The van der Waals surface area contributed by atoms with E-state index in [-0.39, 0.29) is 11.9 Å². The van der Waals surface area contributed by atoms with Crippen LogP contribution in [0, 0.1) is 12.8 Å². The number of carbonyl (C=O) groups excluding carboxylic acids is 2. The summed E-state index contributed by atoms with van der Waals surface area (Å²) in [4.78, 5) is 42.7. The SMILES string of the molecule is Cc1cc(Cn2cnc3cc(C(=O)NC4CCCC4C(=O)NO)ccc32)c2ccccc2n1.O=C(O)C(F)(F)F. The molecule has 4 aromatic rings. The second kappa shape index (κ2) is 11.7. The van der Waals surface area contributed by atoms with E-state index in [4.69, 9.17) is 15.1 Å². The third-order valence-corrected chi connectivity index (χ3v) is 6.68. The first-order valence-electron chi connectivity index (χ1n) is 12.3. The number of imidazole rings is 1. The number of nitrogens with zero attached hydrogens (tertiary/aromatic N) is 3. The van der Waals surface area contributed by atoms with E-state index >= 15 is 0 Å². The van der Waals surface area contributed by atoms with Crippen molar-refractivity contribution in [1.82, 2.24) is 25.3 Å². The summed E-state index contributed by atoms with van der Waals surface area (Å²) in [5.74, 6) is -3.87. The van der Waals surface area contributed by atoms with Crippen LogP contribution in [0.2, 0.25) is 0 Å². The fourth-order valence-electron chi connectivity index (χ4n) is 4.82. The van der Waals surface area contributed by atoms with Gasteiger partial charge in [-0.2, -0.15) is 13.2 Å². The Morgan fingerprint density at radius 1 is 1.07 bits per heavy atom. The summed E-state index contributed by atoms with van der Waals surface area (Å²) in [6.07, 6.45) is -1.12. The second-order valence-electron chi connectivity index (χ2n) is 9.41. The zero-order valence-electron chi connectivity index (χ0n) is 21.3. The van der Waals surface area contributed by atoms with Crippen LogP contribution < -0.4 is 10.8 Å². The standard InChI is InChI=1S/C25H25N5O3.C2HF3O2/c1-15-11-17(18-5-2-3-7-20(18)27-15)13-30-14-26-22-12-16(9-10-23(22)30)24(31)28-21-8-4-6-19(21)25(32)29-33;3-2(4,5)1(6)7/h2-3,5,7,9-12,14,19,21,33H,4,6,8,13H2,1H3,(H,28,31)(H,29,32);(H,6,7). The first-order valence-corrected chi connectivity index (χ1v) is 12.3. The van der Waals surface area contributed by atoms with Crippen LogP contribution in [-0.4, -0.2) is 54.9 Å². The summed E-state index contributed by atoms with van der Waals surface area (Å²) in [5.41, 5.74) is 6.96. The van der Waals surface area contributed by atoms with Gasteiger partial charge >= 0.3 is 12.1 Å². The average molecular weight is 558 g/mol. The molecule has 2 amide bonds. The van der Waals surface area contributed by atoms with Crippen LogP contribution in [-0.2, 0) is 16.1 Å². The van der Waals surface area contributed by atoms with Crippen molar-refractivity contribution in [3.8, 4) is 0 Å². The minimum Gasteiger partial charge on any atom is -0.475 e. The van der Waals surface area contributed by atoms with E-state index in [1.165, 1.54) is 0 Å². The highest BCUT2D eigenvalue weighted by atomic mass is 19.4. The summed E-state index contributed by atoms with van der Waals surface area (Å²) < 4.78 is 33.8. The fourth-order valence-corrected chi connectivity index (χ4v) is 4.82. The molecule has 1 saturated carbocycles. The van der Waals surface area contributed by atoms with Gasteiger partial charge in [0, 0.05) is 29.2 Å². The van der Waals surface area contributed by atoms with Crippen LogP contribution in [0.3, 0.4) is 0 Å². The zero-order valence-corrected chi connectivity index (χ0v) is 21.3. The van der Waals surface area contributed by atoms with Crippen molar-refractivity contribution in [2.45, 2.75) is 44.9 Å². The van der Waals surface area contributed by atoms with E-state index in [2.05, 4.69) is 32.0 Å². The number of carboxylic acid groups (broad SMARTS) is 1. The van der Waals surface area contributed by atoms with Gasteiger partial charge in [0.15, 0.2) is 0 Å². The number of nitrogens with one attached hydrogen (secondary N) is 2. The molecule has 40 heavy (non-hydrogen) atoms. The van der Waals surface area contributed by atoms with Gasteiger partial charge in [-0.3, -0.25) is 19.8 Å². The Morgan fingerprint density at radius 3 is 2.50 bits per heavy atom. The second-order valence-corrected chi connectivity index (χ2v) is 9.41. The fraction of sp³-hybridized carbons (Fsp3) is 0.296. The van der Waals surface area contributed by atoms with Gasteiger partial charge in [0.05, 0.1) is 28.8 Å². The molecule has 13 heteroatoms. The highest BCUT2D eigenvalue weighted by molar-refractivity contribution is 5.98. The molecule has 1 aliphatic rings. The lowest BCUT2D eigenvalue weighted by Gasteiger charge is -2.19. The van der Waals surface area contributed by atoms with E-state index in [9.17, 15) is 22.8 Å². The number of hydrogen-bond donors (Lipinski definition) is 4. The van der Waals surface area contributed by atoms with Crippen molar-refractivity contribution in [2.75, 3.05) is 0 Å². The molecule has 2 heterocycles. The largest absolute Gasteiger partial charge is 0.490 e. The van der Waals surface area contributed by atoms with Crippen LogP contribution in [0.5, 0.6) is 0 Å². The molecule has 0 aliphatic heterocycles. The van der Waals surface area contributed by atoms with Crippen molar-refractivity contribution < 1.29 is 37.9 Å². The number of aromatic nitrogens is 3. The Bertz CT molecular complexity index is 1570. The molecule has 2 aromatic carbocycles. The maximum atomic E-state index is 12.8. The highest BCUT2D eigenvalue weighted by Crippen LogP contribution is 2.27. The lowest BCUT2D eigenvalue weighted by Crippen LogP contribution is -2.43. The molecular formula is C27H26F3N5O5. The monoisotopic (exact) mass is 557 g/mol. The molecule has 4 N–H and O–H groups in total. The number of pyridine rings is 1. The molecule has 0 radical (unpaired) electrons. The molecular weight excluding hydrogens is 531 g/mol. The molecule has 10 nitrogen and oxygen atoms in total. The number of para-hydroxylation sites is 1. The van der Waals surface area contributed by atoms with Gasteiger partial charge in [-0.25, -0.2) is 15.3 Å². The highest BCUT2D eigenvalue weighted by Gasteiger charge is 2.38. The quantitative estimate of drug-likeness (QED) is 0.214. The van der Waals surface area contributed by atoms with E-state index < -0.39 is 24.0 Å². The minimum absolute atomic E-state index is 0.246. The number of benzene rings is 2. The molecule has 1 aliphatic carbocycles.